The van der Waals surface area contributed by atoms with Crippen molar-refractivity contribution in [2.24, 2.45) is 7.05 Å². The summed E-state index contributed by atoms with van der Waals surface area (Å²) in [6.07, 6.45) is 1.68. The van der Waals surface area contributed by atoms with E-state index in [1.807, 2.05) is 24.3 Å². The van der Waals surface area contributed by atoms with Crippen LogP contribution < -0.4 is 5.56 Å². The molecular formula is C20H21N3O4. The lowest BCUT2D eigenvalue weighted by molar-refractivity contribution is -0.179. The average Bonchev–Trinajstić information content (AvgIpc) is 3.16. The molecule has 0 bridgehead atoms. The molecule has 3 aliphatic heterocycles. The summed E-state index contributed by atoms with van der Waals surface area (Å²) in [4.78, 5) is 42.1. The molecule has 1 aromatic carbocycles. The van der Waals surface area contributed by atoms with Crippen molar-refractivity contribution < 1.29 is 14.3 Å². The lowest BCUT2D eigenvalue weighted by Crippen LogP contribution is -2.56. The van der Waals surface area contributed by atoms with Crippen LogP contribution in [0.25, 0.3) is 10.9 Å². The van der Waals surface area contributed by atoms with E-state index in [0.717, 1.165) is 17.3 Å². The van der Waals surface area contributed by atoms with Crippen LogP contribution in [-0.2, 0) is 16.6 Å². The number of fused-ring (bicyclic) bond motifs is 1. The number of pyridine rings is 1. The third-order valence-corrected chi connectivity index (χ3v) is 6.24. The van der Waals surface area contributed by atoms with Crippen molar-refractivity contribution in [2.75, 3.05) is 19.7 Å². The van der Waals surface area contributed by atoms with Gasteiger partial charge in [0.05, 0.1) is 24.6 Å². The molecule has 3 saturated heterocycles. The molecule has 140 valence electrons. The molecule has 0 unspecified atom stereocenters. The fourth-order valence-electron chi connectivity index (χ4n) is 4.92. The second-order valence-corrected chi connectivity index (χ2v) is 7.54. The Morgan fingerprint density at radius 3 is 2.89 bits per heavy atom. The molecule has 7 heteroatoms. The van der Waals surface area contributed by atoms with E-state index >= 15 is 0 Å². The Bertz CT molecular complexity index is 1030. The topological polar surface area (TPSA) is 71.9 Å². The summed E-state index contributed by atoms with van der Waals surface area (Å²) in [5.74, 6) is -0.282. The van der Waals surface area contributed by atoms with Crippen LogP contribution in [0, 0.1) is 0 Å². The second-order valence-electron chi connectivity index (χ2n) is 7.54. The van der Waals surface area contributed by atoms with Crippen molar-refractivity contribution in [1.29, 1.82) is 0 Å². The number of carbonyl (C=O) groups is 2. The van der Waals surface area contributed by atoms with Crippen molar-refractivity contribution in [2.45, 2.75) is 31.0 Å². The standard InChI is InChI=1S/C20H21N3O4/c1-21-15-6-3-2-5-13(15)11-14(18(21)25)19(26)22-9-7-20-16(22)12-17(24)23(20)8-4-10-27-20/h2-3,5-6,11,16H,4,7-10,12H2,1H3/t16-,20+/m1/s1. The van der Waals surface area contributed by atoms with Crippen LogP contribution in [0.3, 0.4) is 0 Å². The minimum absolute atomic E-state index is 0.0311. The molecule has 2 aromatic rings. The van der Waals surface area contributed by atoms with E-state index in [2.05, 4.69) is 0 Å². The summed E-state index contributed by atoms with van der Waals surface area (Å²) in [5, 5.41) is 0.843. The molecule has 0 saturated carbocycles. The highest BCUT2D eigenvalue weighted by Gasteiger charge is 2.61. The summed E-state index contributed by atoms with van der Waals surface area (Å²) in [6, 6.07) is 8.85. The van der Waals surface area contributed by atoms with Gasteiger partial charge in [0.15, 0.2) is 5.72 Å². The van der Waals surface area contributed by atoms with Crippen LogP contribution in [0.4, 0.5) is 0 Å². The normalized spacial score (nSPS) is 27.1. The zero-order chi connectivity index (χ0) is 18.8. The van der Waals surface area contributed by atoms with Crippen LogP contribution in [0.1, 0.15) is 29.6 Å². The van der Waals surface area contributed by atoms with Crippen molar-refractivity contribution in [3.8, 4) is 0 Å². The van der Waals surface area contributed by atoms with E-state index in [0.29, 0.717) is 26.1 Å². The summed E-state index contributed by atoms with van der Waals surface area (Å²) >= 11 is 0. The van der Waals surface area contributed by atoms with Crippen LogP contribution in [0.15, 0.2) is 35.1 Å². The van der Waals surface area contributed by atoms with Crippen molar-refractivity contribution >= 4 is 22.7 Å². The van der Waals surface area contributed by atoms with Gasteiger partial charge in [-0.05, 0) is 23.9 Å². The molecule has 1 spiro atoms. The molecule has 0 radical (unpaired) electrons. The number of ether oxygens (including phenoxy) is 1. The molecule has 4 heterocycles. The summed E-state index contributed by atoms with van der Waals surface area (Å²) in [6.45, 7) is 1.76. The first-order valence-electron chi connectivity index (χ1n) is 9.37. The monoisotopic (exact) mass is 367 g/mol. The van der Waals surface area contributed by atoms with Gasteiger partial charge < -0.3 is 19.1 Å². The van der Waals surface area contributed by atoms with E-state index in [9.17, 15) is 14.4 Å². The summed E-state index contributed by atoms with van der Waals surface area (Å²) in [5.41, 5.74) is -0.0808. The van der Waals surface area contributed by atoms with Crippen LogP contribution >= 0.6 is 0 Å². The van der Waals surface area contributed by atoms with Gasteiger partial charge in [0.25, 0.3) is 11.5 Å². The lowest BCUT2D eigenvalue weighted by Gasteiger charge is -2.42. The molecule has 2 amide bonds. The highest BCUT2D eigenvalue weighted by Crippen LogP contribution is 2.45. The summed E-state index contributed by atoms with van der Waals surface area (Å²) < 4.78 is 7.56. The molecule has 3 fully saturated rings. The number of rotatable bonds is 1. The quantitative estimate of drug-likeness (QED) is 0.757. The number of para-hydroxylation sites is 1. The molecular weight excluding hydrogens is 346 g/mol. The van der Waals surface area contributed by atoms with Crippen LogP contribution in [0.2, 0.25) is 0 Å². The first kappa shape index (κ1) is 16.5. The van der Waals surface area contributed by atoms with E-state index in [1.54, 1.807) is 22.9 Å². The van der Waals surface area contributed by atoms with Gasteiger partial charge in [-0.25, -0.2) is 0 Å². The number of hydrogen-bond acceptors (Lipinski definition) is 4. The molecule has 7 nitrogen and oxygen atoms in total. The van der Waals surface area contributed by atoms with Crippen LogP contribution in [-0.4, -0.2) is 57.6 Å². The number of aryl methyl sites for hydroxylation is 1. The Balaban J connectivity index is 1.56. The third kappa shape index (κ3) is 2.15. The first-order valence-corrected chi connectivity index (χ1v) is 9.37. The molecule has 2 atom stereocenters. The fourth-order valence-corrected chi connectivity index (χ4v) is 4.92. The first-order chi connectivity index (χ1) is 13.0. The van der Waals surface area contributed by atoms with E-state index in [4.69, 9.17) is 4.74 Å². The van der Waals surface area contributed by atoms with Gasteiger partial charge >= 0.3 is 0 Å². The maximum atomic E-state index is 13.3. The highest BCUT2D eigenvalue weighted by atomic mass is 16.5. The number of amides is 2. The highest BCUT2D eigenvalue weighted by molar-refractivity contribution is 5.98. The van der Waals surface area contributed by atoms with Gasteiger partial charge in [-0.1, -0.05) is 18.2 Å². The van der Waals surface area contributed by atoms with Gasteiger partial charge in [-0.3, -0.25) is 14.4 Å². The Morgan fingerprint density at radius 1 is 1.22 bits per heavy atom. The van der Waals surface area contributed by atoms with E-state index in [-0.39, 0.29) is 35.4 Å². The number of likely N-dealkylation sites (tertiary alicyclic amines) is 1. The minimum Gasteiger partial charge on any atom is -0.353 e. The maximum Gasteiger partial charge on any atom is 0.263 e. The predicted octanol–water partition coefficient (Wildman–Crippen LogP) is 1.10. The predicted molar refractivity (Wildman–Crippen MR) is 98.3 cm³/mol. The van der Waals surface area contributed by atoms with Gasteiger partial charge in [0.2, 0.25) is 5.91 Å². The Labute approximate surface area is 156 Å². The van der Waals surface area contributed by atoms with E-state index in [1.165, 1.54) is 4.57 Å². The number of carbonyl (C=O) groups excluding carboxylic acids is 2. The number of aromatic nitrogens is 1. The van der Waals surface area contributed by atoms with E-state index < -0.39 is 5.72 Å². The lowest BCUT2D eigenvalue weighted by atomic mass is 10.0. The van der Waals surface area contributed by atoms with Gasteiger partial charge in [0, 0.05) is 26.6 Å². The van der Waals surface area contributed by atoms with Gasteiger partial charge in [-0.15, -0.1) is 0 Å². The van der Waals surface area contributed by atoms with Gasteiger partial charge in [-0.2, -0.15) is 0 Å². The number of hydrogen-bond donors (Lipinski definition) is 0. The maximum absolute atomic E-state index is 13.3. The minimum atomic E-state index is -0.701. The third-order valence-electron chi connectivity index (χ3n) is 6.24. The smallest absolute Gasteiger partial charge is 0.263 e. The zero-order valence-corrected chi connectivity index (χ0v) is 15.2. The Hall–Kier alpha value is -2.67. The average molecular weight is 367 g/mol. The Kier molecular flexibility index (Phi) is 3.46. The summed E-state index contributed by atoms with van der Waals surface area (Å²) in [7, 11) is 1.68. The Morgan fingerprint density at radius 2 is 2.04 bits per heavy atom. The molecule has 0 N–H and O–H groups in total. The molecule has 1 aromatic heterocycles. The largest absolute Gasteiger partial charge is 0.353 e. The fraction of sp³-hybridized carbons (Fsp3) is 0.450. The molecule has 27 heavy (non-hydrogen) atoms. The van der Waals surface area contributed by atoms with Crippen molar-refractivity contribution in [1.82, 2.24) is 14.4 Å². The molecule has 5 rings (SSSR count). The van der Waals surface area contributed by atoms with Crippen molar-refractivity contribution in [3.63, 3.8) is 0 Å². The van der Waals surface area contributed by atoms with Gasteiger partial charge in [0.1, 0.15) is 5.56 Å². The number of benzene rings is 1. The molecule has 0 aliphatic carbocycles. The van der Waals surface area contributed by atoms with Crippen LogP contribution in [0.5, 0.6) is 0 Å². The number of nitrogens with zero attached hydrogens (tertiary/aromatic N) is 3. The van der Waals surface area contributed by atoms with Crippen molar-refractivity contribution in [3.05, 3.63) is 46.2 Å². The zero-order valence-electron chi connectivity index (χ0n) is 15.2. The SMILES string of the molecule is Cn1c(=O)c(C(=O)N2CC[C@@]34OCCCN3C(=O)C[C@@H]24)cc2ccccc21. The second kappa shape index (κ2) is 5.66. The molecule has 3 aliphatic rings.